The molecule has 0 unspecified atom stereocenters. The van der Waals surface area contributed by atoms with E-state index < -0.39 is 0 Å². The first-order chi connectivity index (χ1) is 8.81. The van der Waals surface area contributed by atoms with Crippen molar-refractivity contribution in [3.05, 3.63) is 22.4 Å². The maximum Gasteiger partial charge on any atom is 0.238 e. The van der Waals surface area contributed by atoms with Crippen LogP contribution < -0.4 is 0 Å². The molecule has 1 aromatic rings. The summed E-state index contributed by atoms with van der Waals surface area (Å²) in [6.45, 7) is 0.730. The van der Waals surface area contributed by atoms with Crippen LogP contribution in [0.3, 0.4) is 0 Å². The number of thiophene rings is 1. The van der Waals surface area contributed by atoms with Gasteiger partial charge in [-0.2, -0.15) is 0 Å². The van der Waals surface area contributed by atoms with E-state index >= 15 is 0 Å². The van der Waals surface area contributed by atoms with Crippen LogP contribution in [-0.2, 0) is 11.3 Å². The predicted octanol–water partition coefficient (Wildman–Crippen LogP) is 4.04. The van der Waals surface area contributed by atoms with E-state index in [0.717, 1.165) is 19.4 Å². The molecule has 4 heteroatoms. The maximum atomic E-state index is 12.0. The lowest BCUT2D eigenvalue weighted by molar-refractivity contribution is -0.131. The number of alkyl halides is 1. The molecular formula is C14H20ClNOS. The standard InChI is InChI=1S/C14H20ClNOS/c15-10-14(17)16(11-13-8-5-9-18-13)12-6-3-1-2-4-7-12/h5,8-9,12H,1-4,6-7,10-11H2. The van der Waals surface area contributed by atoms with Crippen molar-refractivity contribution in [3.63, 3.8) is 0 Å². The van der Waals surface area contributed by atoms with E-state index in [-0.39, 0.29) is 11.8 Å². The van der Waals surface area contributed by atoms with E-state index in [2.05, 4.69) is 11.4 Å². The largest absolute Gasteiger partial charge is 0.334 e. The van der Waals surface area contributed by atoms with Gasteiger partial charge in [0.05, 0.1) is 6.54 Å². The van der Waals surface area contributed by atoms with Gasteiger partial charge in [0.2, 0.25) is 5.91 Å². The number of rotatable bonds is 4. The lowest BCUT2D eigenvalue weighted by Gasteiger charge is -2.30. The van der Waals surface area contributed by atoms with Crippen LogP contribution in [0.4, 0.5) is 0 Å². The highest BCUT2D eigenvalue weighted by Crippen LogP contribution is 2.24. The van der Waals surface area contributed by atoms with Gasteiger partial charge in [0.1, 0.15) is 5.88 Å². The molecular weight excluding hydrogens is 266 g/mol. The molecule has 1 aliphatic rings. The Labute approximate surface area is 118 Å². The number of nitrogens with zero attached hydrogens (tertiary/aromatic N) is 1. The highest BCUT2D eigenvalue weighted by Gasteiger charge is 2.24. The Bertz CT molecular complexity index is 358. The highest BCUT2D eigenvalue weighted by atomic mass is 35.5. The Morgan fingerprint density at radius 1 is 1.33 bits per heavy atom. The third kappa shape index (κ3) is 3.72. The average Bonchev–Trinajstić information content (AvgIpc) is 2.76. The molecule has 2 nitrogen and oxygen atoms in total. The zero-order chi connectivity index (χ0) is 12.8. The Kier molecular flexibility index (Phi) is 5.51. The summed E-state index contributed by atoms with van der Waals surface area (Å²) in [4.78, 5) is 15.3. The predicted molar refractivity (Wildman–Crippen MR) is 77.1 cm³/mol. The molecule has 0 spiro atoms. The highest BCUT2D eigenvalue weighted by molar-refractivity contribution is 7.09. The van der Waals surface area contributed by atoms with Crippen molar-refractivity contribution in [3.8, 4) is 0 Å². The van der Waals surface area contributed by atoms with Gasteiger partial charge in [-0.15, -0.1) is 22.9 Å². The number of hydrogen-bond donors (Lipinski definition) is 0. The summed E-state index contributed by atoms with van der Waals surface area (Å²) < 4.78 is 0. The summed E-state index contributed by atoms with van der Waals surface area (Å²) in [6.07, 6.45) is 7.35. The molecule has 1 fully saturated rings. The fourth-order valence-electron chi connectivity index (χ4n) is 2.64. The van der Waals surface area contributed by atoms with Crippen molar-refractivity contribution in [2.45, 2.75) is 51.1 Å². The number of hydrogen-bond acceptors (Lipinski definition) is 2. The minimum atomic E-state index is 0.0805. The first-order valence-corrected chi connectivity index (χ1v) is 8.10. The number of carbonyl (C=O) groups excluding carboxylic acids is 1. The average molecular weight is 286 g/mol. The molecule has 1 amide bonds. The normalized spacial score (nSPS) is 17.4. The smallest absolute Gasteiger partial charge is 0.238 e. The quantitative estimate of drug-likeness (QED) is 0.604. The fraction of sp³-hybridized carbons (Fsp3) is 0.643. The van der Waals surface area contributed by atoms with Gasteiger partial charge in [-0.05, 0) is 24.3 Å². The maximum absolute atomic E-state index is 12.0. The minimum absolute atomic E-state index is 0.0805. The van der Waals surface area contributed by atoms with E-state index in [1.807, 2.05) is 11.0 Å². The first kappa shape index (κ1) is 13.9. The van der Waals surface area contributed by atoms with Crippen LogP contribution in [0.15, 0.2) is 17.5 Å². The monoisotopic (exact) mass is 285 g/mol. The molecule has 0 bridgehead atoms. The molecule has 0 saturated heterocycles. The van der Waals surface area contributed by atoms with Crippen molar-refractivity contribution in [1.29, 1.82) is 0 Å². The van der Waals surface area contributed by atoms with E-state index in [9.17, 15) is 4.79 Å². The second-order valence-corrected chi connectivity index (χ2v) is 6.18. The Morgan fingerprint density at radius 3 is 2.61 bits per heavy atom. The van der Waals surface area contributed by atoms with Gasteiger partial charge in [0.15, 0.2) is 0 Å². The van der Waals surface area contributed by atoms with E-state index in [0.29, 0.717) is 6.04 Å². The molecule has 0 aliphatic heterocycles. The van der Waals surface area contributed by atoms with Crippen LogP contribution in [0.25, 0.3) is 0 Å². The van der Waals surface area contributed by atoms with Gasteiger partial charge in [0.25, 0.3) is 0 Å². The minimum Gasteiger partial charge on any atom is -0.334 e. The van der Waals surface area contributed by atoms with Gasteiger partial charge in [-0.1, -0.05) is 31.7 Å². The van der Waals surface area contributed by atoms with Crippen LogP contribution in [0.5, 0.6) is 0 Å². The van der Waals surface area contributed by atoms with Crippen LogP contribution in [0.2, 0.25) is 0 Å². The van der Waals surface area contributed by atoms with Crippen LogP contribution >= 0.6 is 22.9 Å². The summed E-state index contributed by atoms with van der Waals surface area (Å²) >= 11 is 7.47. The van der Waals surface area contributed by atoms with E-state index in [4.69, 9.17) is 11.6 Å². The summed E-state index contributed by atoms with van der Waals surface area (Å²) in [7, 11) is 0. The van der Waals surface area contributed by atoms with Crippen molar-refractivity contribution in [2.75, 3.05) is 5.88 Å². The molecule has 0 atom stereocenters. The van der Waals surface area contributed by atoms with Crippen LogP contribution in [-0.4, -0.2) is 22.7 Å². The van der Waals surface area contributed by atoms with Crippen LogP contribution in [0, 0.1) is 0 Å². The van der Waals surface area contributed by atoms with Gasteiger partial charge < -0.3 is 4.90 Å². The number of amides is 1. The Morgan fingerprint density at radius 2 is 2.06 bits per heavy atom. The Balaban J connectivity index is 2.05. The third-order valence-corrected chi connectivity index (χ3v) is 4.70. The molecule has 1 aromatic heterocycles. The van der Waals surface area contributed by atoms with Crippen molar-refractivity contribution in [1.82, 2.24) is 4.90 Å². The number of halogens is 1. The summed E-state index contributed by atoms with van der Waals surface area (Å²) in [5.41, 5.74) is 0. The van der Waals surface area contributed by atoms with Gasteiger partial charge >= 0.3 is 0 Å². The van der Waals surface area contributed by atoms with Gasteiger partial charge in [-0.25, -0.2) is 0 Å². The van der Waals surface area contributed by atoms with Crippen LogP contribution in [0.1, 0.15) is 43.4 Å². The van der Waals surface area contributed by atoms with Crippen molar-refractivity contribution in [2.24, 2.45) is 0 Å². The molecule has 1 heterocycles. The number of carbonyl (C=O) groups is 1. The topological polar surface area (TPSA) is 20.3 Å². The zero-order valence-corrected chi connectivity index (χ0v) is 12.2. The molecule has 100 valence electrons. The zero-order valence-electron chi connectivity index (χ0n) is 10.6. The molecule has 0 aromatic carbocycles. The van der Waals surface area contributed by atoms with Gasteiger partial charge in [-0.3, -0.25) is 4.79 Å². The third-order valence-electron chi connectivity index (χ3n) is 3.61. The molecule has 18 heavy (non-hydrogen) atoms. The molecule has 0 N–H and O–H groups in total. The SMILES string of the molecule is O=C(CCl)N(Cc1cccs1)C1CCCCCC1. The van der Waals surface area contributed by atoms with E-state index in [1.165, 1.54) is 30.6 Å². The lowest BCUT2D eigenvalue weighted by atomic mass is 10.1. The second-order valence-electron chi connectivity index (χ2n) is 4.88. The van der Waals surface area contributed by atoms with E-state index in [1.54, 1.807) is 11.3 Å². The van der Waals surface area contributed by atoms with Crippen molar-refractivity contribution >= 4 is 28.8 Å². The molecule has 1 saturated carbocycles. The summed E-state index contributed by atoms with van der Waals surface area (Å²) in [5.74, 6) is 0.180. The molecule has 1 aliphatic carbocycles. The van der Waals surface area contributed by atoms with Gasteiger partial charge in [0, 0.05) is 10.9 Å². The van der Waals surface area contributed by atoms with Crippen molar-refractivity contribution < 1.29 is 4.79 Å². The fourth-order valence-corrected chi connectivity index (χ4v) is 3.49. The second kappa shape index (κ2) is 7.15. The molecule has 2 rings (SSSR count). The first-order valence-electron chi connectivity index (χ1n) is 6.69. The summed E-state index contributed by atoms with van der Waals surface area (Å²) in [6, 6.07) is 4.52. The Hall–Kier alpha value is -0.540. The summed E-state index contributed by atoms with van der Waals surface area (Å²) in [5, 5.41) is 2.06. The lowest BCUT2D eigenvalue weighted by Crippen LogP contribution is -2.40. The molecule has 0 radical (unpaired) electrons.